The summed E-state index contributed by atoms with van der Waals surface area (Å²) in [7, 11) is 0. The highest BCUT2D eigenvalue weighted by Gasteiger charge is 2.25. The number of carboxylic acid groups (broad SMARTS) is 1. The average Bonchev–Trinajstić information content (AvgIpc) is 2.74. The number of aliphatic carboxylic acids is 1. The molecular formula is C14H14BrFN2O3. The van der Waals surface area contributed by atoms with Gasteiger partial charge in [-0.25, -0.2) is 4.39 Å². The summed E-state index contributed by atoms with van der Waals surface area (Å²) in [6.45, 7) is 3.59. The molecule has 1 aromatic heterocycles. The molecule has 0 saturated carbocycles. The van der Waals surface area contributed by atoms with Crippen molar-refractivity contribution in [2.24, 2.45) is 5.41 Å². The van der Waals surface area contributed by atoms with Crippen molar-refractivity contribution < 1.29 is 18.7 Å². The summed E-state index contributed by atoms with van der Waals surface area (Å²) in [4.78, 5) is 10.8. The van der Waals surface area contributed by atoms with Crippen LogP contribution in [-0.4, -0.2) is 21.3 Å². The van der Waals surface area contributed by atoms with Crippen LogP contribution in [0.15, 0.2) is 27.1 Å². The van der Waals surface area contributed by atoms with Gasteiger partial charge in [-0.1, -0.05) is 29.8 Å². The second kappa shape index (κ2) is 5.93. The second-order valence-electron chi connectivity index (χ2n) is 5.54. The van der Waals surface area contributed by atoms with Gasteiger partial charge in [0.2, 0.25) is 5.89 Å². The highest BCUT2D eigenvalue weighted by atomic mass is 79.9. The minimum absolute atomic E-state index is 0.0165. The third kappa shape index (κ3) is 4.10. The number of rotatable bonds is 5. The maximum Gasteiger partial charge on any atom is 0.303 e. The third-order valence-corrected chi connectivity index (χ3v) is 3.38. The smallest absolute Gasteiger partial charge is 0.303 e. The molecule has 0 saturated heterocycles. The minimum Gasteiger partial charge on any atom is -0.481 e. The Kier molecular flexibility index (Phi) is 4.41. The molecule has 0 atom stereocenters. The minimum atomic E-state index is -0.890. The van der Waals surface area contributed by atoms with Gasteiger partial charge >= 0.3 is 5.97 Å². The maximum absolute atomic E-state index is 13.8. The van der Waals surface area contributed by atoms with E-state index in [1.54, 1.807) is 26.0 Å². The van der Waals surface area contributed by atoms with E-state index in [0.717, 1.165) is 0 Å². The monoisotopic (exact) mass is 356 g/mol. The first-order valence-electron chi connectivity index (χ1n) is 6.26. The molecule has 2 rings (SSSR count). The van der Waals surface area contributed by atoms with Gasteiger partial charge in [-0.2, -0.15) is 0 Å². The largest absolute Gasteiger partial charge is 0.481 e. The van der Waals surface area contributed by atoms with Crippen LogP contribution in [0.4, 0.5) is 4.39 Å². The number of hydrogen-bond donors (Lipinski definition) is 1. The number of nitrogens with zero attached hydrogens (tertiary/aromatic N) is 2. The summed E-state index contributed by atoms with van der Waals surface area (Å²) in [5.74, 6) is -0.984. The van der Waals surface area contributed by atoms with Gasteiger partial charge in [-0.05, 0) is 23.6 Å². The Morgan fingerprint density at radius 2 is 2.14 bits per heavy atom. The van der Waals surface area contributed by atoms with E-state index >= 15 is 0 Å². The van der Waals surface area contributed by atoms with Crippen LogP contribution in [-0.2, 0) is 11.2 Å². The van der Waals surface area contributed by atoms with Crippen molar-refractivity contribution in [3.63, 3.8) is 0 Å². The standard InChI is InChI=1S/C14H14BrFN2O3/c1-14(2,7-12(19)20)6-11-17-18-13(21-11)9-4-3-8(15)5-10(9)16/h3-5H,6-7H2,1-2H3,(H,19,20). The van der Waals surface area contributed by atoms with Gasteiger partial charge in [0, 0.05) is 10.9 Å². The summed E-state index contributed by atoms with van der Waals surface area (Å²) >= 11 is 3.17. The molecule has 1 heterocycles. The Morgan fingerprint density at radius 1 is 1.43 bits per heavy atom. The van der Waals surface area contributed by atoms with E-state index in [2.05, 4.69) is 26.1 Å². The Labute approximate surface area is 129 Å². The van der Waals surface area contributed by atoms with E-state index in [4.69, 9.17) is 9.52 Å². The molecule has 112 valence electrons. The van der Waals surface area contributed by atoms with E-state index < -0.39 is 17.2 Å². The third-order valence-electron chi connectivity index (χ3n) is 2.89. The van der Waals surface area contributed by atoms with Crippen molar-refractivity contribution in [1.82, 2.24) is 10.2 Å². The number of benzene rings is 1. The predicted molar refractivity (Wildman–Crippen MR) is 77.1 cm³/mol. The number of aromatic nitrogens is 2. The SMILES string of the molecule is CC(C)(CC(=O)O)Cc1nnc(-c2ccc(Br)cc2F)o1. The van der Waals surface area contributed by atoms with Crippen molar-refractivity contribution in [3.8, 4) is 11.5 Å². The molecule has 0 fully saturated rings. The van der Waals surface area contributed by atoms with Crippen LogP contribution in [0.2, 0.25) is 0 Å². The molecule has 1 aromatic carbocycles. The van der Waals surface area contributed by atoms with Crippen molar-refractivity contribution in [2.75, 3.05) is 0 Å². The van der Waals surface area contributed by atoms with Crippen LogP contribution in [0.5, 0.6) is 0 Å². The van der Waals surface area contributed by atoms with Gasteiger partial charge in [0.1, 0.15) is 5.82 Å². The van der Waals surface area contributed by atoms with Crippen LogP contribution in [0.3, 0.4) is 0 Å². The van der Waals surface area contributed by atoms with E-state index in [1.165, 1.54) is 6.07 Å². The molecule has 1 N–H and O–H groups in total. The zero-order valence-electron chi connectivity index (χ0n) is 11.6. The Balaban J connectivity index is 2.20. The summed E-state index contributed by atoms with van der Waals surface area (Å²) in [5, 5.41) is 16.5. The van der Waals surface area contributed by atoms with Crippen molar-refractivity contribution >= 4 is 21.9 Å². The average molecular weight is 357 g/mol. The van der Waals surface area contributed by atoms with Crippen LogP contribution in [0, 0.1) is 11.2 Å². The molecule has 0 aliphatic carbocycles. The Morgan fingerprint density at radius 3 is 2.76 bits per heavy atom. The first-order valence-corrected chi connectivity index (χ1v) is 7.06. The van der Waals surface area contributed by atoms with Gasteiger partial charge in [0.25, 0.3) is 5.89 Å². The molecule has 2 aromatic rings. The van der Waals surface area contributed by atoms with Gasteiger partial charge < -0.3 is 9.52 Å². The molecule has 0 unspecified atom stereocenters. The second-order valence-corrected chi connectivity index (χ2v) is 6.45. The fraction of sp³-hybridized carbons (Fsp3) is 0.357. The highest BCUT2D eigenvalue weighted by molar-refractivity contribution is 9.10. The first kappa shape index (κ1) is 15.6. The van der Waals surface area contributed by atoms with Crippen LogP contribution >= 0.6 is 15.9 Å². The quantitative estimate of drug-likeness (QED) is 0.883. The Bertz CT molecular complexity index is 670. The Hall–Kier alpha value is -1.76. The molecule has 0 spiro atoms. The van der Waals surface area contributed by atoms with E-state index in [-0.39, 0.29) is 17.9 Å². The fourth-order valence-corrected chi connectivity index (χ4v) is 2.31. The highest BCUT2D eigenvalue weighted by Crippen LogP contribution is 2.28. The van der Waals surface area contributed by atoms with Gasteiger partial charge in [-0.15, -0.1) is 10.2 Å². The molecule has 0 radical (unpaired) electrons. The van der Waals surface area contributed by atoms with E-state index in [1.807, 2.05) is 0 Å². The number of carboxylic acids is 1. The van der Waals surface area contributed by atoms with E-state index in [0.29, 0.717) is 16.8 Å². The predicted octanol–water partition coefficient (Wildman–Crippen LogP) is 3.68. The molecule has 5 nitrogen and oxygen atoms in total. The van der Waals surface area contributed by atoms with Crippen molar-refractivity contribution in [3.05, 3.63) is 34.4 Å². The van der Waals surface area contributed by atoms with Gasteiger partial charge in [0.15, 0.2) is 0 Å². The maximum atomic E-state index is 13.8. The zero-order valence-corrected chi connectivity index (χ0v) is 13.1. The van der Waals surface area contributed by atoms with Gasteiger partial charge in [0.05, 0.1) is 12.0 Å². The molecule has 0 bridgehead atoms. The van der Waals surface area contributed by atoms with Gasteiger partial charge in [-0.3, -0.25) is 4.79 Å². The number of halogens is 2. The topological polar surface area (TPSA) is 76.2 Å². The lowest BCUT2D eigenvalue weighted by atomic mass is 9.86. The van der Waals surface area contributed by atoms with Crippen molar-refractivity contribution in [2.45, 2.75) is 26.7 Å². The molecule has 0 amide bonds. The lowest BCUT2D eigenvalue weighted by Gasteiger charge is -2.19. The molecule has 7 heteroatoms. The van der Waals surface area contributed by atoms with E-state index in [9.17, 15) is 9.18 Å². The van der Waals surface area contributed by atoms with Crippen molar-refractivity contribution in [1.29, 1.82) is 0 Å². The summed E-state index contributed by atoms with van der Waals surface area (Å²) in [6.07, 6.45) is 0.293. The zero-order chi connectivity index (χ0) is 15.6. The number of carbonyl (C=O) groups is 1. The summed E-state index contributed by atoms with van der Waals surface area (Å²) in [5.41, 5.74) is -0.304. The molecular weight excluding hydrogens is 343 g/mol. The lowest BCUT2D eigenvalue weighted by Crippen LogP contribution is -2.19. The molecule has 21 heavy (non-hydrogen) atoms. The normalized spacial score (nSPS) is 11.6. The molecule has 0 aliphatic heterocycles. The molecule has 0 aliphatic rings. The van der Waals surface area contributed by atoms with Crippen LogP contribution in [0.25, 0.3) is 11.5 Å². The summed E-state index contributed by atoms with van der Waals surface area (Å²) < 4.78 is 19.9. The summed E-state index contributed by atoms with van der Waals surface area (Å²) in [6, 6.07) is 4.53. The van der Waals surface area contributed by atoms with Crippen LogP contribution in [0.1, 0.15) is 26.2 Å². The lowest BCUT2D eigenvalue weighted by molar-refractivity contribution is -0.139. The van der Waals surface area contributed by atoms with Crippen LogP contribution < -0.4 is 0 Å². The number of hydrogen-bond acceptors (Lipinski definition) is 4. The first-order chi connectivity index (χ1) is 9.77. The fourth-order valence-electron chi connectivity index (χ4n) is 1.98.